The third-order valence-corrected chi connectivity index (χ3v) is 16.0. The number of rotatable bonds is 9. The third-order valence-electron chi connectivity index (χ3n) is 9.98. The van der Waals surface area contributed by atoms with Gasteiger partial charge in [-0.1, -0.05) is 90.1 Å². The Morgan fingerprint density at radius 2 is 1.47 bits per heavy atom. The van der Waals surface area contributed by atoms with Crippen molar-refractivity contribution < 1.29 is 14.0 Å². The molecule has 1 saturated heterocycles. The van der Waals surface area contributed by atoms with E-state index in [1.165, 1.54) is 22.3 Å². The molecule has 2 atom stereocenters. The number of hydrogen-bond donors (Lipinski definition) is 1. The molecular formula is C39H54N2O3Si. The van der Waals surface area contributed by atoms with Gasteiger partial charge in [-0.05, 0) is 103 Å². The molecule has 6 heteroatoms. The van der Waals surface area contributed by atoms with E-state index in [-0.39, 0.29) is 18.1 Å². The van der Waals surface area contributed by atoms with Gasteiger partial charge in [0, 0.05) is 24.7 Å². The van der Waals surface area contributed by atoms with E-state index < -0.39 is 13.9 Å². The van der Waals surface area contributed by atoms with Gasteiger partial charge in [-0.3, -0.25) is 0 Å². The second-order valence-corrected chi connectivity index (χ2v) is 20.5. The lowest BCUT2D eigenvalue weighted by atomic mass is 9.69. The number of fused-ring (bicyclic) bond motifs is 1. The summed E-state index contributed by atoms with van der Waals surface area (Å²) in [6.45, 7) is 21.1. The molecule has 45 heavy (non-hydrogen) atoms. The lowest BCUT2D eigenvalue weighted by Crippen LogP contribution is -2.57. The van der Waals surface area contributed by atoms with Crippen molar-refractivity contribution in [1.82, 2.24) is 4.90 Å². The zero-order valence-corrected chi connectivity index (χ0v) is 29.9. The number of benzene rings is 3. The van der Waals surface area contributed by atoms with Crippen LogP contribution >= 0.6 is 0 Å². The zero-order chi connectivity index (χ0) is 32.5. The fraction of sp³-hybridized carbons (Fsp3) is 0.513. The molecule has 1 heterocycles. The van der Waals surface area contributed by atoms with Crippen LogP contribution in [-0.2, 0) is 11.2 Å². The second-order valence-electron chi connectivity index (χ2n) is 15.2. The van der Waals surface area contributed by atoms with Crippen LogP contribution in [-0.4, -0.2) is 44.0 Å². The van der Waals surface area contributed by atoms with E-state index in [0.29, 0.717) is 35.6 Å². The van der Waals surface area contributed by atoms with Gasteiger partial charge < -0.3 is 19.4 Å². The van der Waals surface area contributed by atoms with Gasteiger partial charge in [0.05, 0.1) is 6.04 Å². The van der Waals surface area contributed by atoms with E-state index in [0.717, 1.165) is 24.3 Å². The molecule has 0 spiro atoms. The lowest BCUT2D eigenvalue weighted by molar-refractivity contribution is 0.0105. The first-order valence-corrected chi connectivity index (χ1v) is 19.1. The molecule has 1 aliphatic carbocycles. The zero-order valence-electron chi connectivity index (χ0n) is 28.9. The van der Waals surface area contributed by atoms with Gasteiger partial charge in [0.2, 0.25) is 0 Å². The molecule has 2 aliphatic rings. The minimum Gasteiger partial charge on any atom is -0.543 e. The Bertz CT molecular complexity index is 1420. The summed E-state index contributed by atoms with van der Waals surface area (Å²) in [4.78, 5) is 14.1. The number of amides is 1. The fourth-order valence-electron chi connectivity index (χ4n) is 7.96. The molecule has 1 amide bonds. The van der Waals surface area contributed by atoms with Crippen LogP contribution in [0.1, 0.15) is 103 Å². The lowest BCUT2D eigenvalue weighted by Gasteiger charge is -2.42. The van der Waals surface area contributed by atoms with Gasteiger partial charge in [0.25, 0.3) is 8.32 Å². The van der Waals surface area contributed by atoms with E-state index in [2.05, 4.69) is 120 Å². The number of carbonyl (C=O) groups excluding carboxylic acids is 1. The van der Waals surface area contributed by atoms with Crippen LogP contribution < -0.4 is 9.74 Å². The summed E-state index contributed by atoms with van der Waals surface area (Å²) in [5.41, 5.74) is 7.80. The molecule has 0 bridgehead atoms. The standard InChI is InChI=1S/C39H54N2O3Si/c1-26(2)45(27(3)4,28(5)6)44-34-20-22-36-31(23-34)17-21-35(29-13-11-10-12-14-29)37(36)30-15-18-32(19-16-30)40-33-24-41(25-33)38(42)43-39(7,8)9/h10-16,18-20,22-23,26-28,33,35,37,40H,17,21,24-25H2,1-9H3/t35-,37+/m1/s1. The molecular weight excluding hydrogens is 573 g/mol. The number of carbonyl (C=O) groups is 1. The van der Waals surface area contributed by atoms with Crippen LogP contribution in [0.2, 0.25) is 16.6 Å². The molecule has 0 radical (unpaired) electrons. The van der Waals surface area contributed by atoms with Crippen molar-refractivity contribution in [1.29, 1.82) is 0 Å². The van der Waals surface area contributed by atoms with E-state index in [1.54, 1.807) is 4.90 Å². The number of likely N-dealkylation sites (tertiary alicyclic amines) is 1. The Morgan fingerprint density at radius 1 is 0.844 bits per heavy atom. The minimum atomic E-state index is -2.04. The van der Waals surface area contributed by atoms with Gasteiger partial charge in [-0.15, -0.1) is 0 Å². The van der Waals surface area contributed by atoms with Crippen LogP contribution in [0.3, 0.4) is 0 Å². The van der Waals surface area contributed by atoms with Crippen molar-refractivity contribution in [3.05, 3.63) is 95.1 Å². The van der Waals surface area contributed by atoms with Crippen LogP contribution in [0.15, 0.2) is 72.8 Å². The van der Waals surface area contributed by atoms with E-state index >= 15 is 0 Å². The maximum atomic E-state index is 12.4. The normalized spacial score (nSPS) is 19.0. The van der Waals surface area contributed by atoms with Crippen molar-refractivity contribution in [3.8, 4) is 5.75 Å². The number of ether oxygens (including phenoxy) is 1. The van der Waals surface area contributed by atoms with Crippen molar-refractivity contribution in [2.75, 3.05) is 18.4 Å². The highest BCUT2D eigenvalue weighted by Crippen LogP contribution is 2.48. The van der Waals surface area contributed by atoms with Gasteiger partial charge in [-0.25, -0.2) is 4.79 Å². The third kappa shape index (κ3) is 7.11. The Kier molecular flexibility index (Phi) is 9.74. The summed E-state index contributed by atoms with van der Waals surface area (Å²) in [6, 6.07) is 27.2. The predicted octanol–water partition coefficient (Wildman–Crippen LogP) is 10.1. The van der Waals surface area contributed by atoms with Crippen molar-refractivity contribution in [3.63, 3.8) is 0 Å². The molecule has 3 aromatic carbocycles. The molecule has 1 aliphatic heterocycles. The van der Waals surface area contributed by atoms with Gasteiger partial charge in [-0.2, -0.15) is 0 Å². The van der Waals surface area contributed by atoms with Crippen molar-refractivity contribution in [2.45, 2.75) is 115 Å². The maximum absolute atomic E-state index is 12.4. The van der Waals surface area contributed by atoms with E-state index in [4.69, 9.17) is 9.16 Å². The summed E-state index contributed by atoms with van der Waals surface area (Å²) in [6.07, 6.45) is 1.92. The topological polar surface area (TPSA) is 50.8 Å². The molecule has 0 saturated carbocycles. The molecule has 3 aromatic rings. The minimum absolute atomic E-state index is 0.229. The van der Waals surface area contributed by atoms with Crippen molar-refractivity contribution >= 4 is 20.1 Å². The SMILES string of the molecule is CC(C)[Si](Oc1ccc2c(c1)CC[C@H](c1ccccc1)[C@@H]2c1ccc(NC2CN(C(=O)OC(C)(C)C)C2)cc1)(C(C)C)C(C)C. The van der Waals surface area contributed by atoms with E-state index in [9.17, 15) is 4.79 Å². The molecule has 5 nitrogen and oxygen atoms in total. The molecule has 0 aromatic heterocycles. The summed E-state index contributed by atoms with van der Waals surface area (Å²) in [5, 5.41) is 3.61. The number of hydrogen-bond acceptors (Lipinski definition) is 4. The number of anilines is 1. The molecule has 1 N–H and O–H groups in total. The fourth-order valence-corrected chi connectivity index (χ4v) is 13.2. The van der Waals surface area contributed by atoms with Gasteiger partial charge in [0.15, 0.2) is 0 Å². The van der Waals surface area contributed by atoms with E-state index in [1.807, 2.05) is 20.8 Å². The Labute approximate surface area is 272 Å². The summed E-state index contributed by atoms with van der Waals surface area (Å²) in [7, 11) is -2.04. The average molecular weight is 627 g/mol. The summed E-state index contributed by atoms with van der Waals surface area (Å²) < 4.78 is 12.6. The Morgan fingerprint density at radius 3 is 2.04 bits per heavy atom. The van der Waals surface area contributed by atoms with Gasteiger partial charge >= 0.3 is 6.09 Å². The predicted molar refractivity (Wildman–Crippen MR) is 189 cm³/mol. The maximum Gasteiger partial charge on any atom is 0.410 e. The molecule has 1 fully saturated rings. The van der Waals surface area contributed by atoms with Crippen molar-refractivity contribution in [2.24, 2.45) is 0 Å². The first kappa shape index (κ1) is 33.1. The highest BCUT2D eigenvalue weighted by atomic mass is 28.4. The van der Waals surface area contributed by atoms with Gasteiger partial charge in [0.1, 0.15) is 11.4 Å². The largest absolute Gasteiger partial charge is 0.543 e. The van der Waals surface area contributed by atoms with Crippen LogP contribution in [0, 0.1) is 0 Å². The quantitative estimate of drug-likeness (QED) is 0.240. The monoisotopic (exact) mass is 626 g/mol. The summed E-state index contributed by atoms with van der Waals surface area (Å²) in [5.74, 6) is 1.73. The Hall–Kier alpha value is -3.25. The van der Waals surface area contributed by atoms with Crippen LogP contribution in [0.4, 0.5) is 10.5 Å². The van der Waals surface area contributed by atoms with Crippen LogP contribution in [0.5, 0.6) is 5.75 Å². The Balaban J connectivity index is 1.38. The number of nitrogens with zero attached hydrogens (tertiary/aromatic N) is 1. The average Bonchev–Trinajstić information content (AvgIpc) is 2.96. The second kappa shape index (κ2) is 13.2. The highest BCUT2D eigenvalue weighted by Gasteiger charge is 2.47. The highest BCUT2D eigenvalue weighted by molar-refractivity contribution is 6.78. The first-order chi connectivity index (χ1) is 21.3. The molecule has 0 unspecified atom stereocenters. The molecule has 242 valence electrons. The molecule has 5 rings (SSSR count). The number of aryl methyl sites for hydroxylation is 1. The smallest absolute Gasteiger partial charge is 0.410 e. The summed E-state index contributed by atoms with van der Waals surface area (Å²) >= 11 is 0. The number of nitrogens with one attached hydrogen (secondary N) is 1. The first-order valence-electron chi connectivity index (χ1n) is 17.0. The van der Waals surface area contributed by atoms with Crippen LogP contribution in [0.25, 0.3) is 0 Å².